The van der Waals surface area contributed by atoms with E-state index in [0.29, 0.717) is 11.3 Å². The standard InChI is InChI=1S/C16H16FNO2/c1-10-5-13(8-15(18)6-10)16(19)20-9-12-3-4-14(17)7-11(12)2/h3-8H,9,18H2,1-2H3. The molecule has 2 aromatic carbocycles. The number of ether oxygens (including phenoxy) is 1. The van der Waals surface area contributed by atoms with Crippen LogP contribution in [-0.4, -0.2) is 5.97 Å². The number of carbonyl (C=O) groups is 1. The lowest BCUT2D eigenvalue weighted by molar-refractivity contribution is 0.0472. The maximum Gasteiger partial charge on any atom is 0.338 e. The highest BCUT2D eigenvalue weighted by molar-refractivity contribution is 5.90. The molecule has 4 heteroatoms. The van der Waals surface area contributed by atoms with Gasteiger partial charge in [-0.05, 0) is 60.9 Å². The molecule has 0 saturated heterocycles. The number of esters is 1. The van der Waals surface area contributed by atoms with Gasteiger partial charge in [-0.3, -0.25) is 0 Å². The highest BCUT2D eigenvalue weighted by Gasteiger charge is 2.10. The molecule has 0 aliphatic rings. The summed E-state index contributed by atoms with van der Waals surface area (Å²) in [6, 6.07) is 9.45. The van der Waals surface area contributed by atoms with E-state index >= 15 is 0 Å². The fraction of sp³-hybridized carbons (Fsp3) is 0.188. The van der Waals surface area contributed by atoms with Crippen LogP contribution < -0.4 is 5.73 Å². The molecule has 2 rings (SSSR count). The van der Waals surface area contributed by atoms with Gasteiger partial charge in [0.2, 0.25) is 0 Å². The van der Waals surface area contributed by atoms with Crippen molar-refractivity contribution in [2.75, 3.05) is 5.73 Å². The molecule has 2 N–H and O–H groups in total. The molecule has 20 heavy (non-hydrogen) atoms. The van der Waals surface area contributed by atoms with Crippen LogP contribution >= 0.6 is 0 Å². The lowest BCUT2D eigenvalue weighted by Crippen LogP contribution is -2.07. The second-order valence-corrected chi connectivity index (χ2v) is 4.78. The van der Waals surface area contributed by atoms with Crippen LogP contribution in [0.1, 0.15) is 27.0 Å². The summed E-state index contributed by atoms with van der Waals surface area (Å²) >= 11 is 0. The molecule has 0 radical (unpaired) electrons. The summed E-state index contributed by atoms with van der Waals surface area (Å²) < 4.78 is 18.2. The summed E-state index contributed by atoms with van der Waals surface area (Å²) in [5.41, 5.74) is 9.07. The molecular formula is C16H16FNO2. The van der Waals surface area contributed by atoms with Crippen molar-refractivity contribution in [2.45, 2.75) is 20.5 Å². The van der Waals surface area contributed by atoms with Crippen molar-refractivity contribution in [3.8, 4) is 0 Å². The van der Waals surface area contributed by atoms with Gasteiger partial charge in [0.15, 0.2) is 0 Å². The van der Waals surface area contributed by atoms with Gasteiger partial charge in [-0.2, -0.15) is 0 Å². The van der Waals surface area contributed by atoms with Gasteiger partial charge >= 0.3 is 5.97 Å². The van der Waals surface area contributed by atoms with Crippen molar-refractivity contribution in [2.24, 2.45) is 0 Å². The number of aryl methyl sites for hydroxylation is 2. The fourth-order valence-electron chi connectivity index (χ4n) is 1.98. The van der Waals surface area contributed by atoms with Gasteiger partial charge in [0.05, 0.1) is 5.56 Å². The third-order valence-corrected chi connectivity index (χ3v) is 3.00. The molecule has 0 unspecified atom stereocenters. The molecule has 0 saturated carbocycles. The lowest BCUT2D eigenvalue weighted by atomic mass is 10.1. The van der Waals surface area contributed by atoms with Gasteiger partial charge in [-0.15, -0.1) is 0 Å². The van der Waals surface area contributed by atoms with E-state index in [1.807, 2.05) is 6.92 Å². The Labute approximate surface area is 117 Å². The predicted octanol–water partition coefficient (Wildman–Crippen LogP) is 3.38. The summed E-state index contributed by atoms with van der Waals surface area (Å²) in [6.07, 6.45) is 0. The lowest BCUT2D eigenvalue weighted by Gasteiger charge is -2.08. The molecule has 0 spiro atoms. The zero-order valence-electron chi connectivity index (χ0n) is 11.4. The van der Waals surface area contributed by atoms with Crippen LogP contribution in [0.25, 0.3) is 0 Å². The Hall–Kier alpha value is -2.36. The van der Waals surface area contributed by atoms with Crippen molar-refractivity contribution >= 4 is 11.7 Å². The highest BCUT2D eigenvalue weighted by Crippen LogP contribution is 2.15. The molecule has 0 aliphatic heterocycles. The first-order chi connectivity index (χ1) is 9.45. The van der Waals surface area contributed by atoms with E-state index in [9.17, 15) is 9.18 Å². The summed E-state index contributed by atoms with van der Waals surface area (Å²) in [4.78, 5) is 11.9. The van der Waals surface area contributed by atoms with Crippen LogP contribution in [0.15, 0.2) is 36.4 Å². The number of hydrogen-bond donors (Lipinski definition) is 1. The first-order valence-electron chi connectivity index (χ1n) is 6.25. The predicted molar refractivity (Wildman–Crippen MR) is 75.8 cm³/mol. The smallest absolute Gasteiger partial charge is 0.338 e. The Balaban J connectivity index is 2.08. The van der Waals surface area contributed by atoms with E-state index in [4.69, 9.17) is 10.5 Å². The van der Waals surface area contributed by atoms with Crippen LogP contribution in [-0.2, 0) is 11.3 Å². The van der Waals surface area contributed by atoms with Crippen LogP contribution in [0.3, 0.4) is 0 Å². The summed E-state index contributed by atoms with van der Waals surface area (Å²) in [5.74, 6) is -0.742. The molecule has 0 bridgehead atoms. The third-order valence-electron chi connectivity index (χ3n) is 3.00. The molecule has 104 valence electrons. The SMILES string of the molecule is Cc1cc(N)cc(C(=O)OCc2ccc(F)cc2C)c1. The normalized spacial score (nSPS) is 10.3. The second-order valence-electron chi connectivity index (χ2n) is 4.78. The topological polar surface area (TPSA) is 52.3 Å². The molecule has 0 aliphatic carbocycles. The molecule has 0 aromatic heterocycles. The van der Waals surface area contributed by atoms with E-state index < -0.39 is 5.97 Å². The first kappa shape index (κ1) is 14.1. The molecule has 0 atom stereocenters. The minimum absolute atomic E-state index is 0.110. The Morgan fingerprint density at radius 1 is 1.20 bits per heavy atom. The van der Waals surface area contributed by atoms with Crippen molar-refractivity contribution in [1.82, 2.24) is 0 Å². The Morgan fingerprint density at radius 2 is 1.95 bits per heavy atom. The zero-order valence-corrected chi connectivity index (χ0v) is 11.4. The maximum absolute atomic E-state index is 13.0. The van der Waals surface area contributed by atoms with E-state index in [0.717, 1.165) is 16.7 Å². The minimum atomic E-state index is -0.441. The third kappa shape index (κ3) is 3.35. The van der Waals surface area contributed by atoms with Gasteiger partial charge in [0, 0.05) is 5.69 Å². The largest absolute Gasteiger partial charge is 0.457 e. The van der Waals surface area contributed by atoms with Gasteiger partial charge in [0.25, 0.3) is 0 Å². The molecule has 0 fully saturated rings. The quantitative estimate of drug-likeness (QED) is 0.689. The van der Waals surface area contributed by atoms with Crippen LogP contribution in [0, 0.1) is 19.7 Å². The first-order valence-corrected chi connectivity index (χ1v) is 6.25. The van der Waals surface area contributed by atoms with E-state index in [-0.39, 0.29) is 12.4 Å². The minimum Gasteiger partial charge on any atom is -0.457 e. The van der Waals surface area contributed by atoms with Gasteiger partial charge in [0.1, 0.15) is 12.4 Å². The number of halogens is 1. The summed E-state index contributed by atoms with van der Waals surface area (Å²) in [5, 5.41) is 0. The Bertz CT molecular complexity index is 633. The Kier molecular flexibility index (Phi) is 4.03. The number of anilines is 1. The van der Waals surface area contributed by atoms with Crippen molar-refractivity contribution in [1.29, 1.82) is 0 Å². The number of benzene rings is 2. The van der Waals surface area contributed by atoms with Crippen LogP contribution in [0.4, 0.5) is 10.1 Å². The monoisotopic (exact) mass is 273 g/mol. The van der Waals surface area contributed by atoms with E-state index in [1.54, 1.807) is 31.2 Å². The van der Waals surface area contributed by atoms with Crippen molar-refractivity contribution in [3.63, 3.8) is 0 Å². The summed E-state index contributed by atoms with van der Waals surface area (Å²) in [7, 11) is 0. The number of rotatable bonds is 3. The van der Waals surface area contributed by atoms with Gasteiger partial charge in [-0.25, -0.2) is 9.18 Å². The number of hydrogen-bond acceptors (Lipinski definition) is 3. The van der Waals surface area contributed by atoms with Crippen molar-refractivity contribution < 1.29 is 13.9 Å². The van der Waals surface area contributed by atoms with Gasteiger partial charge in [-0.1, -0.05) is 6.07 Å². The van der Waals surface area contributed by atoms with Crippen molar-refractivity contribution in [3.05, 3.63) is 64.5 Å². The van der Waals surface area contributed by atoms with E-state index in [2.05, 4.69) is 0 Å². The molecule has 0 amide bonds. The zero-order chi connectivity index (χ0) is 14.7. The highest BCUT2D eigenvalue weighted by atomic mass is 19.1. The average Bonchev–Trinajstić information content (AvgIpc) is 2.36. The van der Waals surface area contributed by atoms with Crippen LogP contribution in [0.2, 0.25) is 0 Å². The number of nitrogen functional groups attached to an aromatic ring is 1. The Morgan fingerprint density at radius 3 is 2.60 bits per heavy atom. The number of carbonyl (C=O) groups excluding carboxylic acids is 1. The fourth-order valence-corrected chi connectivity index (χ4v) is 1.98. The summed E-state index contributed by atoms with van der Waals surface area (Å²) in [6.45, 7) is 3.74. The van der Waals surface area contributed by atoms with Crippen LogP contribution in [0.5, 0.6) is 0 Å². The maximum atomic E-state index is 13.0. The molecule has 3 nitrogen and oxygen atoms in total. The number of nitrogens with two attached hydrogens (primary N) is 1. The molecular weight excluding hydrogens is 257 g/mol. The molecule has 2 aromatic rings. The second kappa shape index (κ2) is 5.74. The van der Waals surface area contributed by atoms with E-state index in [1.165, 1.54) is 12.1 Å². The molecule has 0 heterocycles. The van der Waals surface area contributed by atoms with Gasteiger partial charge < -0.3 is 10.5 Å². The average molecular weight is 273 g/mol.